The normalized spacial score (nSPS) is 13.8. The van der Waals surface area contributed by atoms with Crippen molar-refractivity contribution in [2.24, 2.45) is 0 Å². The van der Waals surface area contributed by atoms with Crippen LogP contribution < -0.4 is 0 Å². The second-order valence-electron chi connectivity index (χ2n) is 16.5. The third-order valence-electron chi connectivity index (χ3n) is 11.9. The van der Waals surface area contributed by atoms with Gasteiger partial charge < -0.3 is 0 Å². The number of carbonyl (C=O) groups excluding carboxylic acids is 4. The first kappa shape index (κ1) is 42.0. The van der Waals surface area contributed by atoms with Gasteiger partial charge in [-0.25, -0.2) is 0 Å². The minimum Gasteiger partial charge on any atom is -0.272 e. The standard InChI is InChI=1S/C52H34N2O4S8/c1-25(2)53-49(55)29-23-28(32-10-12-38(62-32)40-18-20-44(66-40)42-16-14-36(64-42)34-8-6-22-60-34)48-46-30(50(56)54(26(3)4)52(48)58)24-27(47(45(29)46)51(53)57)31-9-11-37(61-31)39-17-19-43(65-39)41-15-13-35(63-41)33-7-5-21-59-33/h5-26H,1-4H3. The lowest BCUT2D eigenvalue weighted by Crippen LogP contribution is -2.47. The van der Waals surface area contributed by atoms with Gasteiger partial charge in [0.15, 0.2) is 0 Å². The smallest absolute Gasteiger partial charge is 0.262 e. The van der Waals surface area contributed by atoms with Crippen LogP contribution in [0.1, 0.15) is 69.1 Å². The highest BCUT2D eigenvalue weighted by atomic mass is 32.1. The first-order valence-corrected chi connectivity index (χ1v) is 27.8. The predicted octanol–water partition coefficient (Wildman–Crippen LogP) is 16.7. The van der Waals surface area contributed by atoms with Gasteiger partial charge in [0.25, 0.3) is 23.6 Å². The lowest BCUT2D eigenvalue weighted by Gasteiger charge is -2.36. The molecular formula is C52H34N2O4S8. The van der Waals surface area contributed by atoms with Crippen LogP contribution in [0.5, 0.6) is 0 Å². The zero-order chi connectivity index (χ0) is 45.1. The maximum absolute atomic E-state index is 14.9. The summed E-state index contributed by atoms with van der Waals surface area (Å²) in [6, 6.07) is 36.6. The Morgan fingerprint density at radius 1 is 0.333 bits per heavy atom. The number of imide groups is 2. The molecule has 0 bridgehead atoms. The van der Waals surface area contributed by atoms with Gasteiger partial charge in [-0.1, -0.05) is 12.1 Å². The van der Waals surface area contributed by atoms with Crippen molar-refractivity contribution in [2.45, 2.75) is 39.8 Å². The number of amides is 4. The molecule has 10 aromatic rings. The molecule has 324 valence electrons. The van der Waals surface area contributed by atoms with E-state index in [2.05, 4.69) is 95.7 Å². The highest BCUT2D eigenvalue weighted by molar-refractivity contribution is 7.30. The number of carbonyl (C=O) groups is 4. The van der Waals surface area contributed by atoms with Crippen LogP contribution in [0.15, 0.2) is 120 Å². The Bertz CT molecular complexity index is 3370. The summed E-state index contributed by atoms with van der Waals surface area (Å²) in [5.74, 6) is -1.73. The van der Waals surface area contributed by atoms with Crippen LogP contribution in [0, 0.1) is 0 Å². The highest BCUT2D eigenvalue weighted by Gasteiger charge is 2.44. The number of hydrogen-bond donors (Lipinski definition) is 0. The van der Waals surface area contributed by atoms with Crippen LogP contribution in [0.3, 0.4) is 0 Å². The van der Waals surface area contributed by atoms with E-state index in [0.29, 0.717) is 44.2 Å². The molecule has 0 saturated heterocycles. The molecule has 2 aliphatic rings. The minimum absolute atomic E-state index is 0.318. The third-order valence-corrected chi connectivity index (χ3v) is 21.4. The van der Waals surface area contributed by atoms with E-state index >= 15 is 0 Å². The van der Waals surface area contributed by atoms with Crippen molar-refractivity contribution in [1.82, 2.24) is 9.80 Å². The molecule has 0 fully saturated rings. The van der Waals surface area contributed by atoms with Gasteiger partial charge >= 0.3 is 0 Å². The second kappa shape index (κ2) is 16.1. The van der Waals surface area contributed by atoms with E-state index in [9.17, 15) is 19.2 Å². The lowest BCUT2D eigenvalue weighted by molar-refractivity contribution is 0.0542. The fourth-order valence-corrected chi connectivity index (χ4v) is 17.0. The molecule has 0 radical (unpaired) electrons. The molecule has 10 heterocycles. The molecule has 4 amide bonds. The number of nitrogens with zero attached hydrogens (tertiary/aromatic N) is 2. The summed E-state index contributed by atoms with van der Waals surface area (Å²) in [5.41, 5.74) is 2.49. The Morgan fingerprint density at radius 3 is 0.879 bits per heavy atom. The summed E-state index contributed by atoms with van der Waals surface area (Å²) in [7, 11) is 0. The fourth-order valence-electron chi connectivity index (χ4n) is 8.91. The maximum atomic E-state index is 14.9. The van der Waals surface area contributed by atoms with Gasteiger partial charge in [-0.3, -0.25) is 29.0 Å². The second-order valence-corrected chi connectivity index (χ2v) is 24.9. The number of rotatable bonds is 10. The Labute approximate surface area is 411 Å². The van der Waals surface area contributed by atoms with Crippen LogP contribution in [-0.4, -0.2) is 45.5 Å². The van der Waals surface area contributed by atoms with Gasteiger partial charge in [-0.2, -0.15) is 0 Å². The summed E-state index contributed by atoms with van der Waals surface area (Å²) >= 11 is 13.6. The molecule has 8 aromatic heterocycles. The Hall–Kier alpha value is -5.42. The van der Waals surface area contributed by atoms with Crippen molar-refractivity contribution in [3.8, 4) is 79.4 Å². The van der Waals surface area contributed by atoms with E-state index in [1.807, 2.05) is 39.8 Å². The van der Waals surface area contributed by atoms with E-state index in [4.69, 9.17) is 0 Å². The number of benzene rings is 2. The molecule has 6 nitrogen and oxygen atoms in total. The lowest BCUT2D eigenvalue weighted by atomic mass is 9.80. The van der Waals surface area contributed by atoms with Crippen molar-refractivity contribution in [3.63, 3.8) is 0 Å². The largest absolute Gasteiger partial charge is 0.272 e. The third kappa shape index (κ3) is 6.67. The van der Waals surface area contributed by atoms with E-state index < -0.39 is 35.7 Å². The van der Waals surface area contributed by atoms with Crippen molar-refractivity contribution in [1.29, 1.82) is 0 Å². The van der Waals surface area contributed by atoms with Gasteiger partial charge in [-0.05, 0) is 136 Å². The molecular weight excluding hydrogens is 973 g/mol. The number of thiophene rings is 8. The molecule has 0 spiro atoms. The van der Waals surface area contributed by atoms with Crippen LogP contribution in [0.2, 0.25) is 0 Å². The van der Waals surface area contributed by atoms with Gasteiger partial charge in [0.2, 0.25) is 0 Å². The highest BCUT2D eigenvalue weighted by Crippen LogP contribution is 2.51. The summed E-state index contributed by atoms with van der Waals surface area (Å²) < 4.78 is 0. The van der Waals surface area contributed by atoms with Crippen molar-refractivity contribution in [2.75, 3.05) is 0 Å². The van der Waals surface area contributed by atoms with E-state index in [1.165, 1.54) is 48.8 Å². The maximum Gasteiger partial charge on any atom is 0.262 e. The van der Waals surface area contributed by atoms with E-state index in [1.54, 1.807) is 103 Å². The molecule has 0 atom stereocenters. The van der Waals surface area contributed by atoms with Crippen LogP contribution in [0.4, 0.5) is 0 Å². The summed E-state index contributed by atoms with van der Waals surface area (Å²) in [6.45, 7) is 7.36. The van der Waals surface area contributed by atoms with Gasteiger partial charge in [0, 0.05) is 113 Å². The van der Waals surface area contributed by atoms with Crippen molar-refractivity contribution < 1.29 is 19.2 Å². The summed E-state index contributed by atoms with van der Waals surface area (Å²) in [4.78, 5) is 77.4. The molecule has 2 aliphatic heterocycles. The van der Waals surface area contributed by atoms with E-state index in [0.717, 1.165) is 29.3 Å². The molecule has 0 saturated carbocycles. The predicted molar refractivity (Wildman–Crippen MR) is 282 cm³/mol. The molecule has 0 N–H and O–H groups in total. The first-order valence-electron chi connectivity index (χ1n) is 21.1. The molecule has 12 rings (SSSR count). The Balaban J connectivity index is 0.985. The molecule has 0 unspecified atom stereocenters. The first-order chi connectivity index (χ1) is 32.0. The van der Waals surface area contributed by atoms with Gasteiger partial charge in [0.1, 0.15) is 0 Å². The van der Waals surface area contributed by atoms with Gasteiger partial charge in [-0.15, -0.1) is 90.7 Å². The monoisotopic (exact) mass is 1010 g/mol. The SMILES string of the molecule is CC(C)N1C(=O)c2cc(-c3ccc(-c4ccc(-c5ccc(-c6cccs6)s5)s4)s3)c3c4c(cc(-c5ccc(-c6ccc(-c7ccc(-c8cccs8)s7)s6)s5)c(c24)C1=O)C(=O)N(C(C)C)C3=O. The molecule has 2 aromatic carbocycles. The van der Waals surface area contributed by atoms with Crippen molar-refractivity contribution >= 4 is 125 Å². The Morgan fingerprint density at radius 2 is 0.606 bits per heavy atom. The zero-order valence-electron chi connectivity index (χ0n) is 35.5. The fraction of sp³-hybridized carbons (Fsp3) is 0.115. The number of hydrogen-bond acceptors (Lipinski definition) is 12. The average molecular weight is 1010 g/mol. The minimum atomic E-state index is -0.441. The summed E-state index contributed by atoms with van der Waals surface area (Å²) in [5, 5.41) is 4.95. The van der Waals surface area contributed by atoms with Crippen LogP contribution >= 0.6 is 90.7 Å². The molecule has 66 heavy (non-hydrogen) atoms. The Kier molecular flexibility index (Phi) is 10.3. The molecule has 14 heteroatoms. The summed E-state index contributed by atoms with van der Waals surface area (Å²) in [6.07, 6.45) is 0. The van der Waals surface area contributed by atoms with Gasteiger partial charge in [0.05, 0.1) is 11.1 Å². The topological polar surface area (TPSA) is 74.8 Å². The average Bonchev–Trinajstić information content (AvgIpc) is 4.15. The van der Waals surface area contributed by atoms with Crippen LogP contribution in [0.25, 0.3) is 90.2 Å². The van der Waals surface area contributed by atoms with Crippen molar-refractivity contribution in [3.05, 3.63) is 142 Å². The quantitative estimate of drug-likeness (QED) is 0.128. The van der Waals surface area contributed by atoms with Crippen LogP contribution in [-0.2, 0) is 0 Å². The van der Waals surface area contributed by atoms with E-state index in [-0.39, 0.29) is 0 Å². The zero-order valence-corrected chi connectivity index (χ0v) is 42.0. The molecule has 0 aliphatic carbocycles.